The lowest BCUT2D eigenvalue weighted by Gasteiger charge is -2.02. The second-order valence-electron chi connectivity index (χ2n) is 2.34. The summed E-state index contributed by atoms with van der Waals surface area (Å²) in [6.45, 7) is 8.17. The summed E-state index contributed by atoms with van der Waals surface area (Å²) in [6.07, 6.45) is 0. The van der Waals surface area contributed by atoms with Gasteiger partial charge < -0.3 is 4.74 Å². The van der Waals surface area contributed by atoms with Crippen molar-refractivity contribution in [3.05, 3.63) is 29.6 Å². The molecule has 1 aromatic rings. The van der Waals surface area contributed by atoms with Gasteiger partial charge in [0.2, 0.25) is 0 Å². The number of halogens is 1. The van der Waals surface area contributed by atoms with Crippen molar-refractivity contribution in [1.82, 2.24) is 0 Å². The molecule has 1 rings (SSSR count). The maximum Gasteiger partial charge on any atom is 0.129 e. The van der Waals surface area contributed by atoms with Crippen molar-refractivity contribution in [2.75, 3.05) is 6.61 Å². The highest BCUT2D eigenvalue weighted by Gasteiger charge is 1.97. The first-order chi connectivity index (χ1) is 6.24. The van der Waals surface area contributed by atoms with Crippen LogP contribution in [0.2, 0.25) is 0 Å². The van der Waals surface area contributed by atoms with Gasteiger partial charge in [-0.15, -0.1) is 0 Å². The summed E-state index contributed by atoms with van der Waals surface area (Å²) < 4.78 is 17.9. The number of rotatable bonds is 2. The Labute approximate surface area is 79.5 Å². The molecule has 13 heavy (non-hydrogen) atoms. The van der Waals surface area contributed by atoms with Gasteiger partial charge >= 0.3 is 0 Å². The molecule has 0 saturated heterocycles. The lowest BCUT2D eigenvalue weighted by atomic mass is 10.2. The Kier molecular flexibility index (Phi) is 5.94. The lowest BCUT2D eigenvalue weighted by molar-refractivity contribution is 0.338. The molecule has 74 valence electrons. The average molecular weight is 184 g/mol. The van der Waals surface area contributed by atoms with E-state index in [0.717, 1.165) is 0 Å². The monoisotopic (exact) mass is 184 g/mol. The first-order valence-corrected chi connectivity index (χ1v) is 4.63. The van der Waals surface area contributed by atoms with Crippen LogP contribution in [0.1, 0.15) is 26.3 Å². The van der Waals surface area contributed by atoms with Crippen LogP contribution < -0.4 is 4.74 Å². The van der Waals surface area contributed by atoms with Crippen LogP contribution >= 0.6 is 0 Å². The Bertz CT molecular complexity index is 246. The molecule has 2 heteroatoms. The summed E-state index contributed by atoms with van der Waals surface area (Å²) in [5, 5.41) is 0. The number of aryl methyl sites for hydroxylation is 1. The van der Waals surface area contributed by atoms with Gasteiger partial charge in [0, 0.05) is 6.07 Å². The fourth-order valence-corrected chi connectivity index (χ4v) is 0.830. The zero-order valence-electron chi connectivity index (χ0n) is 8.73. The van der Waals surface area contributed by atoms with E-state index in [2.05, 4.69) is 0 Å². The third-order valence-corrected chi connectivity index (χ3v) is 1.45. The minimum absolute atomic E-state index is 0.212. The van der Waals surface area contributed by atoms with Crippen LogP contribution in [0, 0.1) is 12.7 Å². The molecule has 0 aliphatic rings. The molecule has 0 amide bonds. The average Bonchev–Trinajstić information content (AvgIpc) is 2.15. The quantitative estimate of drug-likeness (QED) is 0.682. The highest BCUT2D eigenvalue weighted by atomic mass is 19.1. The predicted octanol–water partition coefficient (Wildman–Crippen LogP) is 3.56. The SMILES string of the molecule is CC.CCOc1ccc(C)c(F)c1. The zero-order chi connectivity index (χ0) is 10.3. The molecule has 0 aromatic heterocycles. The fraction of sp³-hybridized carbons (Fsp3) is 0.455. The lowest BCUT2D eigenvalue weighted by Crippen LogP contribution is -1.92. The van der Waals surface area contributed by atoms with Gasteiger partial charge in [0.1, 0.15) is 11.6 Å². The van der Waals surface area contributed by atoms with E-state index < -0.39 is 0 Å². The van der Waals surface area contributed by atoms with Crippen molar-refractivity contribution in [3.63, 3.8) is 0 Å². The highest BCUT2D eigenvalue weighted by Crippen LogP contribution is 2.15. The molecule has 1 nitrogen and oxygen atoms in total. The Morgan fingerprint density at radius 1 is 1.31 bits per heavy atom. The highest BCUT2D eigenvalue weighted by molar-refractivity contribution is 5.27. The summed E-state index contributed by atoms with van der Waals surface area (Å²) in [4.78, 5) is 0. The van der Waals surface area contributed by atoms with Gasteiger partial charge in [0.05, 0.1) is 6.61 Å². The minimum atomic E-state index is -0.212. The molecular weight excluding hydrogens is 167 g/mol. The van der Waals surface area contributed by atoms with Gasteiger partial charge in [0.25, 0.3) is 0 Å². The summed E-state index contributed by atoms with van der Waals surface area (Å²) in [5.74, 6) is 0.381. The molecule has 0 atom stereocenters. The molecule has 0 spiro atoms. The third-order valence-electron chi connectivity index (χ3n) is 1.45. The van der Waals surface area contributed by atoms with Crippen molar-refractivity contribution in [2.24, 2.45) is 0 Å². The summed E-state index contributed by atoms with van der Waals surface area (Å²) in [7, 11) is 0. The zero-order valence-corrected chi connectivity index (χ0v) is 8.73. The van der Waals surface area contributed by atoms with Gasteiger partial charge in [-0.05, 0) is 25.5 Å². The number of ether oxygens (including phenoxy) is 1. The van der Waals surface area contributed by atoms with Crippen molar-refractivity contribution < 1.29 is 9.13 Å². The van der Waals surface area contributed by atoms with Crippen LogP contribution in [-0.4, -0.2) is 6.61 Å². The van der Waals surface area contributed by atoms with E-state index >= 15 is 0 Å². The Hall–Kier alpha value is -1.05. The predicted molar refractivity (Wildman–Crippen MR) is 53.7 cm³/mol. The van der Waals surface area contributed by atoms with Crippen LogP contribution in [0.3, 0.4) is 0 Å². The maximum absolute atomic E-state index is 12.8. The Morgan fingerprint density at radius 2 is 1.92 bits per heavy atom. The molecule has 1 aromatic carbocycles. The first-order valence-electron chi connectivity index (χ1n) is 4.63. The molecular formula is C11H17FO. The smallest absolute Gasteiger partial charge is 0.129 e. The van der Waals surface area contributed by atoms with Crippen molar-refractivity contribution in [3.8, 4) is 5.75 Å². The Morgan fingerprint density at radius 3 is 2.38 bits per heavy atom. The van der Waals surface area contributed by atoms with Crippen LogP contribution in [0.5, 0.6) is 5.75 Å². The molecule has 0 fully saturated rings. The maximum atomic E-state index is 12.8. The number of hydrogen-bond donors (Lipinski definition) is 0. The molecule has 0 unspecified atom stereocenters. The molecule has 0 aliphatic heterocycles. The first kappa shape index (κ1) is 11.9. The van der Waals surface area contributed by atoms with Crippen LogP contribution in [0.25, 0.3) is 0 Å². The van der Waals surface area contributed by atoms with E-state index in [1.807, 2.05) is 20.8 Å². The van der Waals surface area contributed by atoms with E-state index in [1.165, 1.54) is 6.07 Å². The third kappa shape index (κ3) is 3.92. The molecule has 0 radical (unpaired) electrons. The standard InChI is InChI=1S/C9H11FO.C2H6/c1-3-11-8-5-4-7(2)9(10)6-8;1-2/h4-6H,3H2,1-2H3;1-2H3. The fourth-order valence-electron chi connectivity index (χ4n) is 0.830. The second kappa shape index (κ2) is 6.46. The van der Waals surface area contributed by atoms with E-state index in [9.17, 15) is 4.39 Å². The van der Waals surface area contributed by atoms with Crippen molar-refractivity contribution in [1.29, 1.82) is 0 Å². The molecule has 0 aliphatic carbocycles. The largest absolute Gasteiger partial charge is 0.494 e. The van der Waals surface area contributed by atoms with E-state index in [4.69, 9.17) is 4.74 Å². The Balaban J connectivity index is 0.000000671. The molecule has 0 heterocycles. The second-order valence-corrected chi connectivity index (χ2v) is 2.34. The molecule has 0 bridgehead atoms. The number of hydrogen-bond acceptors (Lipinski definition) is 1. The normalized spacial score (nSPS) is 8.69. The summed E-state index contributed by atoms with van der Waals surface area (Å²) >= 11 is 0. The van der Waals surface area contributed by atoms with Crippen LogP contribution in [0.15, 0.2) is 18.2 Å². The van der Waals surface area contributed by atoms with Gasteiger partial charge in [0.15, 0.2) is 0 Å². The number of benzene rings is 1. The summed E-state index contributed by atoms with van der Waals surface area (Å²) in [6, 6.07) is 4.88. The van der Waals surface area contributed by atoms with Crippen LogP contribution in [-0.2, 0) is 0 Å². The van der Waals surface area contributed by atoms with E-state index in [-0.39, 0.29) is 5.82 Å². The van der Waals surface area contributed by atoms with Crippen molar-refractivity contribution in [2.45, 2.75) is 27.7 Å². The van der Waals surface area contributed by atoms with Crippen molar-refractivity contribution >= 4 is 0 Å². The van der Waals surface area contributed by atoms with Crippen LogP contribution in [0.4, 0.5) is 4.39 Å². The summed E-state index contributed by atoms with van der Waals surface area (Å²) in [5.41, 5.74) is 0.647. The van der Waals surface area contributed by atoms with Gasteiger partial charge in [-0.1, -0.05) is 19.9 Å². The molecule has 0 N–H and O–H groups in total. The van der Waals surface area contributed by atoms with Gasteiger partial charge in [-0.2, -0.15) is 0 Å². The van der Waals surface area contributed by atoms with E-state index in [0.29, 0.717) is 17.9 Å². The topological polar surface area (TPSA) is 9.23 Å². The van der Waals surface area contributed by atoms with Gasteiger partial charge in [-0.25, -0.2) is 4.39 Å². The van der Waals surface area contributed by atoms with E-state index in [1.54, 1.807) is 19.1 Å². The molecule has 0 saturated carbocycles. The minimum Gasteiger partial charge on any atom is -0.494 e. The van der Waals surface area contributed by atoms with Gasteiger partial charge in [-0.3, -0.25) is 0 Å².